The van der Waals surface area contributed by atoms with Gasteiger partial charge in [0, 0.05) is 25.0 Å². The van der Waals surface area contributed by atoms with Crippen molar-refractivity contribution < 1.29 is 27.9 Å². The Bertz CT molecular complexity index is 482. The summed E-state index contributed by atoms with van der Waals surface area (Å²) in [6, 6.07) is 0. The zero-order chi connectivity index (χ0) is 16.1. The molecule has 1 fully saturated rings. The third kappa shape index (κ3) is 6.40. The largest absolute Gasteiger partial charge is 0.481 e. The van der Waals surface area contributed by atoms with Crippen molar-refractivity contribution in [2.45, 2.75) is 32.2 Å². The van der Waals surface area contributed by atoms with Gasteiger partial charge in [0.2, 0.25) is 15.9 Å². The summed E-state index contributed by atoms with van der Waals surface area (Å²) in [5.41, 5.74) is -0.911. The fourth-order valence-electron chi connectivity index (χ4n) is 2.04. The second-order valence-corrected chi connectivity index (χ2v) is 7.67. The summed E-state index contributed by atoms with van der Waals surface area (Å²) >= 11 is 0. The van der Waals surface area contributed by atoms with Gasteiger partial charge in [-0.15, -0.1) is 0 Å². The number of sulfonamides is 1. The number of ether oxygens (including phenoxy) is 1. The maximum absolute atomic E-state index is 12.0. The van der Waals surface area contributed by atoms with Crippen LogP contribution in [0.4, 0.5) is 0 Å². The average Bonchev–Trinajstić information content (AvgIpc) is 2.35. The molecule has 1 saturated heterocycles. The van der Waals surface area contributed by atoms with Crippen LogP contribution in [0.15, 0.2) is 0 Å². The van der Waals surface area contributed by atoms with Crippen LogP contribution in [-0.4, -0.2) is 67.3 Å². The fourth-order valence-corrected chi connectivity index (χ4v) is 3.44. The highest BCUT2D eigenvalue weighted by molar-refractivity contribution is 7.89. The molecule has 0 aromatic heterocycles. The van der Waals surface area contributed by atoms with E-state index >= 15 is 0 Å². The van der Waals surface area contributed by atoms with E-state index in [9.17, 15) is 18.0 Å². The molecule has 0 aromatic rings. The normalized spacial score (nSPS) is 17.4. The minimum Gasteiger partial charge on any atom is -0.481 e. The van der Waals surface area contributed by atoms with E-state index in [1.807, 2.05) is 0 Å². The summed E-state index contributed by atoms with van der Waals surface area (Å²) in [6.07, 6.45) is -0.419. The monoisotopic (exact) mass is 322 g/mol. The molecule has 0 bridgehead atoms. The standard InChI is InChI=1S/C12H22N2O6S/c1-12(2,9-11(16)17)13-10(15)3-8-21(18,19)14-4-6-20-7-5-14/h3-9H2,1-2H3,(H,13,15)(H,16,17). The van der Waals surface area contributed by atoms with E-state index in [2.05, 4.69) is 5.32 Å². The van der Waals surface area contributed by atoms with Crippen molar-refractivity contribution in [3.8, 4) is 0 Å². The van der Waals surface area contributed by atoms with Crippen LogP contribution < -0.4 is 5.32 Å². The van der Waals surface area contributed by atoms with Gasteiger partial charge in [0.05, 0.1) is 25.4 Å². The molecule has 0 aliphatic carbocycles. The van der Waals surface area contributed by atoms with Gasteiger partial charge in [0.25, 0.3) is 0 Å². The molecular weight excluding hydrogens is 300 g/mol. The SMILES string of the molecule is CC(C)(CC(=O)O)NC(=O)CCS(=O)(=O)N1CCOCC1. The number of morpholine rings is 1. The van der Waals surface area contributed by atoms with Crippen LogP contribution in [0.1, 0.15) is 26.7 Å². The van der Waals surface area contributed by atoms with Crippen molar-refractivity contribution in [2.75, 3.05) is 32.1 Å². The van der Waals surface area contributed by atoms with E-state index in [0.717, 1.165) is 0 Å². The van der Waals surface area contributed by atoms with Gasteiger partial charge in [-0.25, -0.2) is 8.42 Å². The highest BCUT2D eigenvalue weighted by atomic mass is 32.2. The number of carboxylic acids is 1. The molecule has 0 unspecified atom stereocenters. The number of rotatable bonds is 7. The molecule has 2 N–H and O–H groups in total. The molecule has 0 atom stereocenters. The lowest BCUT2D eigenvalue weighted by molar-refractivity contribution is -0.138. The van der Waals surface area contributed by atoms with Gasteiger partial charge in [-0.2, -0.15) is 4.31 Å². The van der Waals surface area contributed by atoms with Crippen molar-refractivity contribution in [2.24, 2.45) is 0 Å². The fraction of sp³-hybridized carbons (Fsp3) is 0.833. The first-order valence-corrected chi connectivity index (χ1v) is 8.32. The van der Waals surface area contributed by atoms with Crippen molar-refractivity contribution in [3.63, 3.8) is 0 Å². The first-order valence-electron chi connectivity index (χ1n) is 6.71. The highest BCUT2D eigenvalue weighted by Gasteiger charge is 2.27. The minimum absolute atomic E-state index is 0.192. The van der Waals surface area contributed by atoms with Gasteiger partial charge in [0.1, 0.15) is 0 Å². The molecule has 1 aliphatic heterocycles. The molecule has 21 heavy (non-hydrogen) atoms. The van der Waals surface area contributed by atoms with Gasteiger partial charge in [-0.05, 0) is 13.8 Å². The number of nitrogens with zero attached hydrogens (tertiary/aromatic N) is 1. The third-order valence-electron chi connectivity index (χ3n) is 3.02. The number of aliphatic carboxylic acids is 1. The lowest BCUT2D eigenvalue weighted by Crippen LogP contribution is -2.46. The topological polar surface area (TPSA) is 113 Å². The van der Waals surface area contributed by atoms with Crippen LogP contribution in [0.3, 0.4) is 0 Å². The first-order chi connectivity index (χ1) is 9.62. The van der Waals surface area contributed by atoms with Gasteiger partial charge in [-0.3, -0.25) is 9.59 Å². The first kappa shape index (κ1) is 17.9. The van der Waals surface area contributed by atoms with Crippen molar-refractivity contribution in [1.82, 2.24) is 9.62 Å². The smallest absolute Gasteiger partial charge is 0.305 e. The molecule has 9 heteroatoms. The zero-order valence-electron chi connectivity index (χ0n) is 12.3. The van der Waals surface area contributed by atoms with Gasteiger partial charge in [0.15, 0.2) is 0 Å². The van der Waals surface area contributed by atoms with Crippen LogP contribution in [0.5, 0.6) is 0 Å². The van der Waals surface area contributed by atoms with E-state index in [0.29, 0.717) is 26.3 Å². The van der Waals surface area contributed by atoms with Crippen LogP contribution in [-0.2, 0) is 24.3 Å². The Labute approximate surface area is 124 Å². The maximum Gasteiger partial charge on any atom is 0.305 e. The summed E-state index contributed by atoms with van der Waals surface area (Å²) in [4.78, 5) is 22.4. The lowest BCUT2D eigenvalue weighted by atomic mass is 10.0. The van der Waals surface area contributed by atoms with Crippen molar-refractivity contribution in [3.05, 3.63) is 0 Å². The molecule has 1 amide bonds. The van der Waals surface area contributed by atoms with E-state index in [-0.39, 0.29) is 18.6 Å². The van der Waals surface area contributed by atoms with Crippen LogP contribution in [0, 0.1) is 0 Å². The summed E-state index contributed by atoms with van der Waals surface area (Å²) in [5.74, 6) is -1.79. The quantitative estimate of drug-likeness (QED) is 0.647. The summed E-state index contributed by atoms with van der Waals surface area (Å²) < 4.78 is 30.5. The van der Waals surface area contributed by atoms with E-state index in [1.165, 1.54) is 4.31 Å². The van der Waals surface area contributed by atoms with Crippen LogP contribution in [0.2, 0.25) is 0 Å². The van der Waals surface area contributed by atoms with Gasteiger partial charge in [-0.1, -0.05) is 0 Å². The van der Waals surface area contributed by atoms with Crippen molar-refractivity contribution >= 4 is 21.9 Å². The predicted molar refractivity (Wildman–Crippen MR) is 75.3 cm³/mol. The molecule has 8 nitrogen and oxygen atoms in total. The second kappa shape index (κ2) is 7.19. The molecule has 0 saturated carbocycles. The van der Waals surface area contributed by atoms with Crippen LogP contribution >= 0.6 is 0 Å². The molecule has 122 valence electrons. The predicted octanol–water partition coefficient (Wildman–Crippen LogP) is -0.592. The lowest BCUT2D eigenvalue weighted by Gasteiger charge is -2.27. The second-order valence-electron chi connectivity index (χ2n) is 5.58. The zero-order valence-corrected chi connectivity index (χ0v) is 13.1. The highest BCUT2D eigenvalue weighted by Crippen LogP contribution is 2.10. The number of carboxylic acid groups (broad SMARTS) is 1. The number of amides is 1. The number of carbonyl (C=O) groups is 2. The van der Waals surface area contributed by atoms with Gasteiger partial charge < -0.3 is 15.2 Å². The van der Waals surface area contributed by atoms with E-state index in [1.54, 1.807) is 13.8 Å². The summed E-state index contributed by atoms with van der Waals surface area (Å²) in [7, 11) is -3.48. The third-order valence-corrected chi connectivity index (χ3v) is 4.89. The average molecular weight is 322 g/mol. The Balaban J connectivity index is 2.46. The Morgan fingerprint density at radius 1 is 1.29 bits per heavy atom. The molecule has 0 spiro atoms. The molecule has 0 aromatic carbocycles. The Hall–Kier alpha value is -1.19. The van der Waals surface area contributed by atoms with E-state index < -0.39 is 27.4 Å². The van der Waals surface area contributed by atoms with Crippen LogP contribution in [0.25, 0.3) is 0 Å². The Morgan fingerprint density at radius 2 is 1.86 bits per heavy atom. The Kier molecular flexibility index (Phi) is 6.11. The minimum atomic E-state index is -3.48. The van der Waals surface area contributed by atoms with Crippen molar-refractivity contribution in [1.29, 1.82) is 0 Å². The van der Waals surface area contributed by atoms with Gasteiger partial charge >= 0.3 is 5.97 Å². The summed E-state index contributed by atoms with van der Waals surface area (Å²) in [6.45, 7) is 4.47. The molecular formula is C12H22N2O6S. The maximum atomic E-state index is 12.0. The molecule has 1 rings (SSSR count). The number of hydrogen-bond acceptors (Lipinski definition) is 5. The molecule has 1 heterocycles. The number of nitrogens with one attached hydrogen (secondary N) is 1. The number of hydrogen-bond donors (Lipinski definition) is 2. The number of carbonyl (C=O) groups excluding carboxylic acids is 1. The molecule has 1 aliphatic rings. The molecule has 0 radical (unpaired) electrons. The Morgan fingerprint density at radius 3 is 2.38 bits per heavy atom. The summed E-state index contributed by atoms with van der Waals surface area (Å²) in [5, 5.41) is 11.3. The van der Waals surface area contributed by atoms with E-state index in [4.69, 9.17) is 9.84 Å².